The minimum atomic E-state index is -0.584. The minimum Gasteiger partial charge on any atom is -0.327 e. The van der Waals surface area contributed by atoms with Gasteiger partial charge in [-0.2, -0.15) is 0 Å². The number of hydrogen-bond acceptors (Lipinski definition) is 4. The van der Waals surface area contributed by atoms with Crippen molar-refractivity contribution in [2.24, 2.45) is 11.5 Å². The Morgan fingerprint density at radius 1 is 1.23 bits per heavy atom. The van der Waals surface area contributed by atoms with Crippen molar-refractivity contribution in [1.82, 2.24) is 4.98 Å². The number of nitrogens with two attached hydrogens (primary N) is 2. The Kier molecular flexibility index (Phi) is 4.18. The molecule has 5 heteroatoms. The summed E-state index contributed by atoms with van der Waals surface area (Å²) in [7, 11) is 0. The lowest BCUT2D eigenvalue weighted by Crippen LogP contribution is -2.37. The number of aromatic nitrogens is 1. The number of benzene rings is 1. The molecule has 1 fully saturated rings. The van der Waals surface area contributed by atoms with Crippen LogP contribution in [0.1, 0.15) is 23.5 Å². The smallest absolute Gasteiger partial charge is 0.241 e. The summed E-state index contributed by atoms with van der Waals surface area (Å²) in [5.41, 5.74) is 14.8. The summed E-state index contributed by atoms with van der Waals surface area (Å²) < 4.78 is 0. The number of anilines is 1. The van der Waals surface area contributed by atoms with Gasteiger partial charge >= 0.3 is 0 Å². The van der Waals surface area contributed by atoms with Crippen molar-refractivity contribution in [1.29, 1.82) is 0 Å². The molecule has 0 aliphatic heterocycles. The monoisotopic (exact) mass is 296 g/mol. The van der Waals surface area contributed by atoms with Crippen molar-refractivity contribution < 1.29 is 4.79 Å². The van der Waals surface area contributed by atoms with Gasteiger partial charge in [0, 0.05) is 30.0 Å². The highest BCUT2D eigenvalue weighted by Gasteiger charge is 2.34. The molecule has 1 aromatic carbocycles. The molecule has 5 nitrogen and oxygen atoms in total. The number of rotatable bonds is 5. The molecule has 5 N–H and O–H groups in total. The van der Waals surface area contributed by atoms with Crippen LogP contribution in [0.5, 0.6) is 0 Å². The summed E-state index contributed by atoms with van der Waals surface area (Å²) in [5, 5.41) is 2.85. The zero-order chi connectivity index (χ0) is 15.5. The second kappa shape index (κ2) is 6.25. The van der Waals surface area contributed by atoms with E-state index >= 15 is 0 Å². The highest BCUT2D eigenvalue weighted by molar-refractivity contribution is 5.94. The average Bonchev–Trinajstić information content (AvgIpc) is 3.26. The topological polar surface area (TPSA) is 94.0 Å². The lowest BCUT2D eigenvalue weighted by atomic mass is 10.1. The maximum absolute atomic E-state index is 12.1. The lowest BCUT2D eigenvalue weighted by Gasteiger charge is -2.12. The highest BCUT2D eigenvalue weighted by Crippen LogP contribution is 2.39. The molecule has 1 aliphatic rings. The van der Waals surface area contributed by atoms with Gasteiger partial charge in [-0.15, -0.1) is 0 Å². The van der Waals surface area contributed by atoms with Gasteiger partial charge in [-0.05, 0) is 48.2 Å². The Balaban J connectivity index is 1.56. The van der Waals surface area contributed by atoms with Crippen molar-refractivity contribution in [3.05, 3.63) is 59.9 Å². The van der Waals surface area contributed by atoms with Crippen LogP contribution in [0.15, 0.2) is 48.8 Å². The summed E-state index contributed by atoms with van der Waals surface area (Å²) in [5.74, 6) is 0.284. The predicted octanol–water partition coefficient (Wildman–Crippen LogP) is 1.40. The molecule has 3 rings (SSSR count). The van der Waals surface area contributed by atoms with E-state index < -0.39 is 6.04 Å². The number of nitrogens with one attached hydrogen (secondary N) is 1. The zero-order valence-electron chi connectivity index (χ0n) is 12.3. The Hall–Kier alpha value is -2.24. The third-order valence-corrected chi connectivity index (χ3v) is 3.99. The maximum Gasteiger partial charge on any atom is 0.241 e. The molecule has 2 aromatic rings. The molecule has 1 heterocycles. The van der Waals surface area contributed by atoms with Gasteiger partial charge in [0.05, 0.1) is 6.04 Å². The van der Waals surface area contributed by atoms with E-state index in [0.717, 1.165) is 17.7 Å². The van der Waals surface area contributed by atoms with E-state index in [1.54, 1.807) is 12.4 Å². The molecule has 0 bridgehead atoms. The van der Waals surface area contributed by atoms with Crippen molar-refractivity contribution in [2.45, 2.75) is 30.8 Å². The normalized spacial score (nSPS) is 21.2. The van der Waals surface area contributed by atoms with Crippen LogP contribution >= 0.6 is 0 Å². The van der Waals surface area contributed by atoms with Gasteiger partial charge in [0.1, 0.15) is 0 Å². The van der Waals surface area contributed by atoms with Gasteiger partial charge in [-0.3, -0.25) is 9.78 Å². The molecule has 0 saturated heterocycles. The Morgan fingerprint density at radius 3 is 2.45 bits per heavy atom. The molecular formula is C17H20N4O. The van der Waals surface area contributed by atoms with E-state index in [9.17, 15) is 4.79 Å². The first-order valence-corrected chi connectivity index (χ1v) is 7.44. The number of amides is 1. The van der Waals surface area contributed by atoms with E-state index in [1.165, 1.54) is 5.56 Å². The van der Waals surface area contributed by atoms with Gasteiger partial charge in [0.2, 0.25) is 5.91 Å². The quantitative estimate of drug-likeness (QED) is 0.777. The van der Waals surface area contributed by atoms with E-state index in [0.29, 0.717) is 12.3 Å². The van der Waals surface area contributed by atoms with E-state index in [4.69, 9.17) is 11.5 Å². The SMILES string of the molecule is N[C@@H]1C[C@H]1c1ccc(NC(=O)[C@@H](N)Cc2ccncc2)cc1. The second-order valence-electron chi connectivity index (χ2n) is 5.78. The fourth-order valence-corrected chi connectivity index (χ4v) is 2.51. The summed E-state index contributed by atoms with van der Waals surface area (Å²) in [6.07, 6.45) is 4.93. The molecule has 1 saturated carbocycles. The third kappa shape index (κ3) is 3.50. The van der Waals surface area contributed by atoms with Gasteiger partial charge in [0.25, 0.3) is 0 Å². The lowest BCUT2D eigenvalue weighted by molar-refractivity contribution is -0.117. The van der Waals surface area contributed by atoms with Gasteiger partial charge in [0.15, 0.2) is 0 Å². The van der Waals surface area contributed by atoms with E-state index in [2.05, 4.69) is 10.3 Å². The molecule has 3 atom stereocenters. The Morgan fingerprint density at radius 2 is 1.86 bits per heavy atom. The molecule has 114 valence electrons. The summed E-state index contributed by atoms with van der Waals surface area (Å²) in [6, 6.07) is 11.3. The summed E-state index contributed by atoms with van der Waals surface area (Å²) in [6.45, 7) is 0. The van der Waals surface area contributed by atoms with Gasteiger partial charge in [-0.1, -0.05) is 12.1 Å². The molecule has 1 aromatic heterocycles. The number of hydrogen-bond donors (Lipinski definition) is 3. The number of carbonyl (C=O) groups is 1. The first kappa shape index (κ1) is 14.7. The molecule has 22 heavy (non-hydrogen) atoms. The average molecular weight is 296 g/mol. The standard InChI is InChI=1S/C17H20N4O/c18-15-10-14(15)12-1-3-13(4-2-12)21-17(22)16(19)9-11-5-7-20-8-6-11/h1-8,14-16H,9-10,18-19H2,(H,21,22)/t14-,15+,16-/m0/s1. The second-order valence-corrected chi connectivity index (χ2v) is 5.78. The van der Waals surface area contributed by atoms with Crippen LogP contribution in [0, 0.1) is 0 Å². The summed E-state index contributed by atoms with van der Waals surface area (Å²) in [4.78, 5) is 16.1. The van der Waals surface area contributed by atoms with Crippen LogP contribution in [-0.4, -0.2) is 23.0 Å². The first-order valence-electron chi connectivity index (χ1n) is 7.44. The van der Waals surface area contributed by atoms with Crippen molar-refractivity contribution in [3.8, 4) is 0 Å². The largest absolute Gasteiger partial charge is 0.327 e. The zero-order valence-corrected chi connectivity index (χ0v) is 12.3. The highest BCUT2D eigenvalue weighted by atomic mass is 16.2. The number of pyridine rings is 1. The molecular weight excluding hydrogens is 276 g/mol. The van der Waals surface area contributed by atoms with Crippen LogP contribution in [0.2, 0.25) is 0 Å². The van der Waals surface area contributed by atoms with Gasteiger partial charge < -0.3 is 16.8 Å². The maximum atomic E-state index is 12.1. The fourth-order valence-electron chi connectivity index (χ4n) is 2.51. The molecule has 0 radical (unpaired) electrons. The van der Waals surface area contributed by atoms with Crippen LogP contribution in [-0.2, 0) is 11.2 Å². The predicted molar refractivity (Wildman–Crippen MR) is 86.3 cm³/mol. The van der Waals surface area contributed by atoms with Gasteiger partial charge in [-0.25, -0.2) is 0 Å². The molecule has 1 aliphatic carbocycles. The van der Waals surface area contributed by atoms with Crippen LogP contribution in [0.3, 0.4) is 0 Å². The molecule has 0 spiro atoms. The van der Waals surface area contributed by atoms with Crippen molar-refractivity contribution in [3.63, 3.8) is 0 Å². The van der Waals surface area contributed by atoms with Crippen molar-refractivity contribution >= 4 is 11.6 Å². The Bertz CT molecular complexity index is 641. The van der Waals surface area contributed by atoms with E-state index in [-0.39, 0.29) is 11.9 Å². The number of carbonyl (C=O) groups excluding carboxylic acids is 1. The minimum absolute atomic E-state index is 0.187. The van der Waals surface area contributed by atoms with Crippen LogP contribution < -0.4 is 16.8 Å². The van der Waals surface area contributed by atoms with E-state index in [1.807, 2.05) is 36.4 Å². The Labute approximate surface area is 129 Å². The van der Waals surface area contributed by atoms with Crippen LogP contribution in [0.25, 0.3) is 0 Å². The number of nitrogens with zero attached hydrogens (tertiary/aromatic N) is 1. The first-order chi connectivity index (χ1) is 10.6. The fraction of sp³-hybridized carbons (Fsp3) is 0.294. The third-order valence-electron chi connectivity index (χ3n) is 3.99. The summed E-state index contributed by atoms with van der Waals surface area (Å²) >= 11 is 0. The van der Waals surface area contributed by atoms with Crippen LogP contribution in [0.4, 0.5) is 5.69 Å². The molecule has 1 amide bonds. The molecule has 0 unspecified atom stereocenters. The van der Waals surface area contributed by atoms with Crippen molar-refractivity contribution in [2.75, 3.05) is 5.32 Å².